The van der Waals surface area contributed by atoms with E-state index in [-0.39, 0.29) is 5.41 Å². The van der Waals surface area contributed by atoms with Gasteiger partial charge in [0.2, 0.25) is 10.0 Å². The first kappa shape index (κ1) is 12.4. The van der Waals surface area contributed by atoms with E-state index in [0.29, 0.717) is 6.54 Å². The first-order valence-corrected chi connectivity index (χ1v) is 6.73. The van der Waals surface area contributed by atoms with E-state index in [9.17, 15) is 13.2 Å². The predicted molar refractivity (Wildman–Crippen MR) is 56.0 cm³/mol. The average molecular weight is 235 g/mol. The number of rotatable bonds is 6. The van der Waals surface area contributed by atoms with E-state index in [1.165, 1.54) is 0 Å². The second kappa shape index (κ2) is 4.49. The molecular formula is C9H17NO4S. The molecule has 0 spiro atoms. The molecule has 0 atom stereocenters. The summed E-state index contributed by atoms with van der Waals surface area (Å²) in [6.07, 6.45) is 4.12. The molecule has 15 heavy (non-hydrogen) atoms. The lowest BCUT2D eigenvalue weighted by molar-refractivity contribution is -0.134. The highest BCUT2D eigenvalue weighted by Crippen LogP contribution is 2.43. The SMILES string of the molecule is CCC1(CNS(=O)(=O)CC(=O)O)CCC1. The molecule has 0 heterocycles. The van der Waals surface area contributed by atoms with Crippen molar-refractivity contribution in [3.05, 3.63) is 0 Å². The van der Waals surface area contributed by atoms with Crippen LogP contribution >= 0.6 is 0 Å². The van der Waals surface area contributed by atoms with Gasteiger partial charge in [0.15, 0.2) is 5.75 Å². The monoisotopic (exact) mass is 235 g/mol. The van der Waals surface area contributed by atoms with Crippen molar-refractivity contribution >= 4 is 16.0 Å². The molecule has 5 nitrogen and oxygen atoms in total. The van der Waals surface area contributed by atoms with Crippen molar-refractivity contribution in [2.45, 2.75) is 32.6 Å². The Bertz CT molecular complexity index is 327. The Morgan fingerprint density at radius 1 is 1.47 bits per heavy atom. The minimum atomic E-state index is -3.65. The Hall–Kier alpha value is -0.620. The minimum absolute atomic E-state index is 0.0750. The van der Waals surface area contributed by atoms with Crippen molar-refractivity contribution in [2.75, 3.05) is 12.3 Å². The molecule has 0 aromatic carbocycles. The molecule has 0 amide bonds. The van der Waals surface area contributed by atoms with E-state index in [0.717, 1.165) is 25.7 Å². The summed E-state index contributed by atoms with van der Waals surface area (Å²) < 4.78 is 24.9. The van der Waals surface area contributed by atoms with Crippen LogP contribution in [0.1, 0.15) is 32.6 Å². The van der Waals surface area contributed by atoms with Crippen LogP contribution in [0, 0.1) is 5.41 Å². The van der Waals surface area contributed by atoms with E-state index in [1.807, 2.05) is 6.92 Å². The normalized spacial score (nSPS) is 19.5. The average Bonchev–Trinajstić information content (AvgIpc) is 2.00. The van der Waals surface area contributed by atoms with Crippen molar-refractivity contribution in [2.24, 2.45) is 5.41 Å². The molecule has 0 aromatic heterocycles. The highest BCUT2D eigenvalue weighted by atomic mass is 32.2. The Labute approximate surface area is 89.9 Å². The molecule has 1 rings (SSSR count). The summed E-state index contributed by atoms with van der Waals surface area (Å²) in [5, 5.41) is 8.39. The third kappa shape index (κ3) is 3.46. The zero-order chi connectivity index (χ0) is 11.5. The third-order valence-corrected chi connectivity index (χ3v) is 4.36. The zero-order valence-electron chi connectivity index (χ0n) is 8.82. The summed E-state index contributed by atoms with van der Waals surface area (Å²) in [6, 6.07) is 0. The number of sulfonamides is 1. The highest BCUT2D eigenvalue weighted by Gasteiger charge is 2.36. The van der Waals surface area contributed by atoms with Gasteiger partial charge in [-0.05, 0) is 24.7 Å². The van der Waals surface area contributed by atoms with Crippen LogP contribution < -0.4 is 4.72 Å². The Morgan fingerprint density at radius 2 is 2.07 bits per heavy atom. The van der Waals surface area contributed by atoms with Gasteiger partial charge < -0.3 is 5.11 Å². The largest absolute Gasteiger partial charge is 0.480 e. The molecule has 0 aliphatic heterocycles. The fourth-order valence-electron chi connectivity index (χ4n) is 1.81. The Kier molecular flexibility index (Phi) is 3.72. The number of carboxylic acid groups (broad SMARTS) is 1. The standard InChI is InChI=1S/C9H17NO4S/c1-2-9(4-3-5-9)7-10-15(13,14)6-8(11)12/h10H,2-7H2,1H3,(H,11,12). The van der Waals surface area contributed by atoms with Crippen LogP contribution in [0.2, 0.25) is 0 Å². The number of carbonyl (C=O) groups is 1. The van der Waals surface area contributed by atoms with Crippen LogP contribution in [0.5, 0.6) is 0 Å². The minimum Gasteiger partial charge on any atom is -0.480 e. The second-order valence-electron chi connectivity index (χ2n) is 4.18. The molecule has 0 bridgehead atoms. The van der Waals surface area contributed by atoms with Gasteiger partial charge in [-0.25, -0.2) is 13.1 Å². The molecule has 0 aromatic rings. The van der Waals surface area contributed by atoms with Gasteiger partial charge in [0.25, 0.3) is 0 Å². The second-order valence-corrected chi connectivity index (χ2v) is 5.99. The van der Waals surface area contributed by atoms with Crippen molar-refractivity contribution < 1.29 is 18.3 Å². The maximum absolute atomic E-state index is 11.3. The van der Waals surface area contributed by atoms with Gasteiger partial charge in [0, 0.05) is 6.54 Å². The fourth-order valence-corrected chi connectivity index (χ4v) is 2.76. The zero-order valence-corrected chi connectivity index (χ0v) is 9.64. The fraction of sp³-hybridized carbons (Fsp3) is 0.889. The lowest BCUT2D eigenvalue weighted by Crippen LogP contribution is -2.43. The predicted octanol–water partition coefficient (Wildman–Crippen LogP) is 0.571. The van der Waals surface area contributed by atoms with Gasteiger partial charge in [-0.2, -0.15) is 0 Å². The molecule has 2 N–H and O–H groups in total. The summed E-state index contributed by atoms with van der Waals surface area (Å²) in [5.41, 5.74) is 0.0750. The first-order chi connectivity index (χ1) is 6.89. The lowest BCUT2D eigenvalue weighted by atomic mass is 9.67. The lowest BCUT2D eigenvalue weighted by Gasteiger charge is -2.41. The molecule has 0 radical (unpaired) electrons. The smallest absolute Gasteiger partial charge is 0.320 e. The summed E-state index contributed by atoms with van der Waals surface area (Å²) in [6.45, 7) is 2.41. The summed E-state index contributed by atoms with van der Waals surface area (Å²) in [4.78, 5) is 10.3. The third-order valence-electron chi connectivity index (χ3n) is 3.14. The topological polar surface area (TPSA) is 83.5 Å². The van der Waals surface area contributed by atoms with Crippen LogP contribution in [0.25, 0.3) is 0 Å². The van der Waals surface area contributed by atoms with Gasteiger partial charge >= 0.3 is 5.97 Å². The van der Waals surface area contributed by atoms with Crippen LogP contribution in [0.15, 0.2) is 0 Å². The summed E-state index contributed by atoms with van der Waals surface area (Å²) in [5.74, 6) is -2.16. The van der Waals surface area contributed by atoms with Crippen molar-refractivity contribution in [3.8, 4) is 0 Å². The number of carboxylic acids is 1. The van der Waals surface area contributed by atoms with Gasteiger partial charge in [-0.3, -0.25) is 4.79 Å². The van der Waals surface area contributed by atoms with Gasteiger partial charge in [0.1, 0.15) is 0 Å². The molecule has 1 fully saturated rings. The van der Waals surface area contributed by atoms with Crippen molar-refractivity contribution in [1.29, 1.82) is 0 Å². The van der Waals surface area contributed by atoms with E-state index in [1.54, 1.807) is 0 Å². The number of hydrogen-bond donors (Lipinski definition) is 2. The first-order valence-electron chi connectivity index (χ1n) is 5.08. The molecule has 88 valence electrons. The number of hydrogen-bond acceptors (Lipinski definition) is 3. The molecule has 0 saturated heterocycles. The van der Waals surface area contributed by atoms with E-state index < -0.39 is 21.7 Å². The maximum atomic E-state index is 11.3. The van der Waals surface area contributed by atoms with E-state index in [4.69, 9.17) is 5.11 Å². The molecular weight excluding hydrogens is 218 g/mol. The van der Waals surface area contributed by atoms with E-state index in [2.05, 4.69) is 4.72 Å². The molecule has 6 heteroatoms. The van der Waals surface area contributed by atoms with Gasteiger partial charge in [0.05, 0.1) is 0 Å². The maximum Gasteiger partial charge on any atom is 0.320 e. The number of nitrogens with one attached hydrogen (secondary N) is 1. The highest BCUT2D eigenvalue weighted by molar-refractivity contribution is 7.90. The van der Waals surface area contributed by atoms with Crippen LogP contribution in [-0.4, -0.2) is 31.8 Å². The molecule has 1 saturated carbocycles. The van der Waals surface area contributed by atoms with Gasteiger partial charge in [-0.1, -0.05) is 13.3 Å². The van der Waals surface area contributed by atoms with Crippen molar-refractivity contribution in [3.63, 3.8) is 0 Å². The molecule has 1 aliphatic carbocycles. The molecule has 0 unspecified atom stereocenters. The van der Waals surface area contributed by atoms with Crippen LogP contribution in [0.3, 0.4) is 0 Å². The van der Waals surface area contributed by atoms with E-state index >= 15 is 0 Å². The van der Waals surface area contributed by atoms with Crippen LogP contribution in [-0.2, 0) is 14.8 Å². The Morgan fingerprint density at radius 3 is 2.40 bits per heavy atom. The van der Waals surface area contributed by atoms with Crippen molar-refractivity contribution in [1.82, 2.24) is 4.72 Å². The molecule has 1 aliphatic rings. The van der Waals surface area contributed by atoms with Gasteiger partial charge in [-0.15, -0.1) is 0 Å². The summed E-state index contributed by atoms with van der Waals surface area (Å²) in [7, 11) is -3.65. The Balaban J connectivity index is 2.45. The summed E-state index contributed by atoms with van der Waals surface area (Å²) >= 11 is 0. The number of aliphatic carboxylic acids is 1. The van der Waals surface area contributed by atoms with Crippen LogP contribution in [0.4, 0.5) is 0 Å². The quantitative estimate of drug-likeness (QED) is 0.705.